The third kappa shape index (κ3) is 4.95. The minimum absolute atomic E-state index is 0.0119. The molecule has 0 aromatic heterocycles. The number of amides is 2. The summed E-state index contributed by atoms with van der Waals surface area (Å²) in [5.74, 6) is -3.28. The number of hydrogen-bond donors (Lipinski definition) is 4. The Kier molecular flexibility index (Phi) is 7.08. The van der Waals surface area contributed by atoms with Crippen molar-refractivity contribution >= 4 is 35.5 Å². The zero-order valence-electron chi connectivity index (χ0n) is 19.1. The van der Waals surface area contributed by atoms with Crippen LogP contribution in [0.1, 0.15) is 39.3 Å². The van der Waals surface area contributed by atoms with E-state index >= 15 is 0 Å². The fourth-order valence-corrected chi connectivity index (χ4v) is 5.08. The van der Waals surface area contributed by atoms with Crippen molar-refractivity contribution in [3.05, 3.63) is 53.3 Å². The van der Waals surface area contributed by atoms with Gasteiger partial charge in [0, 0.05) is 5.57 Å². The molecule has 1 saturated heterocycles. The first-order valence-electron chi connectivity index (χ1n) is 10.5. The summed E-state index contributed by atoms with van der Waals surface area (Å²) in [7, 11) is 0. The molecule has 0 spiro atoms. The third-order valence-corrected chi connectivity index (χ3v) is 6.60. The van der Waals surface area contributed by atoms with E-state index in [-0.39, 0.29) is 17.0 Å². The van der Waals surface area contributed by atoms with Crippen LogP contribution in [0.4, 0.5) is 0 Å². The number of rotatable bonds is 6. The molecule has 3 rings (SSSR count). The Morgan fingerprint density at radius 3 is 2.38 bits per heavy atom. The van der Waals surface area contributed by atoms with Gasteiger partial charge in [0.15, 0.2) is 0 Å². The van der Waals surface area contributed by atoms with Gasteiger partial charge in [0.1, 0.15) is 39.8 Å². The molecule has 4 atom stereocenters. The normalized spacial score (nSPS) is 23.3. The molecule has 2 amide bonds. The largest absolute Gasteiger partial charge is 0.508 e. The zero-order valence-corrected chi connectivity index (χ0v) is 20.0. The van der Waals surface area contributed by atoms with E-state index in [1.54, 1.807) is 33.8 Å². The van der Waals surface area contributed by atoms with E-state index in [4.69, 9.17) is 10.5 Å². The van der Waals surface area contributed by atoms with Gasteiger partial charge in [-0.1, -0.05) is 24.3 Å². The Balaban J connectivity index is 1.89. The number of ether oxygens (including phenoxy) is 1. The SMILES string of the molecule is C/C=C/C1=C(C(=O)O)N2C(=O)[C@@H](NC(=O)[C@H](N)c3ccc(O)cc3)[C@H]2SC1C(=O)OC(C)(C)C. The van der Waals surface area contributed by atoms with Crippen LogP contribution in [-0.4, -0.2) is 61.1 Å². The van der Waals surface area contributed by atoms with Gasteiger partial charge in [0.25, 0.3) is 5.91 Å². The van der Waals surface area contributed by atoms with E-state index in [0.29, 0.717) is 5.56 Å². The highest BCUT2D eigenvalue weighted by atomic mass is 32.2. The molecule has 1 aromatic carbocycles. The maximum absolute atomic E-state index is 12.9. The van der Waals surface area contributed by atoms with E-state index in [0.717, 1.165) is 16.7 Å². The van der Waals surface area contributed by atoms with Crippen LogP contribution < -0.4 is 11.1 Å². The fourth-order valence-electron chi connectivity index (χ4n) is 3.64. The van der Waals surface area contributed by atoms with Gasteiger partial charge in [-0.25, -0.2) is 4.79 Å². The number of benzene rings is 1. The molecule has 10 nitrogen and oxygen atoms in total. The van der Waals surface area contributed by atoms with Gasteiger partial charge < -0.3 is 26.0 Å². The highest BCUT2D eigenvalue weighted by molar-refractivity contribution is 8.01. The van der Waals surface area contributed by atoms with Crippen LogP contribution in [-0.2, 0) is 23.9 Å². The lowest BCUT2D eigenvalue weighted by molar-refractivity contribution is -0.154. The Hall–Kier alpha value is -3.31. The number of carbonyl (C=O) groups excluding carboxylic acids is 3. The highest BCUT2D eigenvalue weighted by Gasteiger charge is 2.57. The topological polar surface area (TPSA) is 159 Å². The predicted octanol–water partition coefficient (Wildman–Crippen LogP) is 1.42. The number of phenolic OH excluding ortho intramolecular Hbond substituents is 1. The van der Waals surface area contributed by atoms with Crippen molar-refractivity contribution < 1.29 is 34.1 Å². The van der Waals surface area contributed by atoms with Crippen molar-refractivity contribution in [1.29, 1.82) is 0 Å². The van der Waals surface area contributed by atoms with E-state index in [1.165, 1.54) is 30.3 Å². The number of carboxylic acids is 1. The molecule has 2 aliphatic rings. The summed E-state index contributed by atoms with van der Waals surface area (Å²) >= 11 is 1.03. The number of phenols is 1. The molecule has 182 valence electrons. The second kappa shape index (κ2) is 9.51. The Labute approximate surface area is 200 Å². The summed E-state index contributed by atoms with van der Waals surface area (Å²) in [5, 5.41) is 20.0. The van der Waals surface area contributed by atoms with Crippen LogP contribution in [0, 0.1) is 0 Å². The molecule has 34 heavy (non-hydrogen) atoms. The van der Waals surface area contributed by atoms with E-state index in [2.05, 4.69) is 5.32 Å². The molecule has 0 bridgehead atoms. The Morgan fingerprint density at radius 1 is 1.24 bits per heavy atom. The first kappa shape index (κ1) is 25.3. The van der Waals surface area contributed by atoms with Crippen LogP contribution in [0.25, 0.3) is 0 Å². The standard InChI is InChI=1S/C23H27N3O7S/c1-5-6-13-16(21(30)31)26-19(29)15(20(26)34-17(13)22(32)33-23(2,3)4)25-18(28)14(24)11-7-9-12(27)10-8-11/h5-10,14-15,17,20,27H,24H2,1-4H3,(H,25,28)(H,30,31)/b6-5+/t14-,15-,17?,20-/m1/s1. The summed E-state index contributed by atoms with van der Waals surface area (Å²) in [6.07, 6.45) is 3.05. The molecule has 2 heterocycles. The summed E-state index contributed by atoms with van der Waals surface area (Å²) in [6.45, 7) is 6.76. The van der Waals surface area contributed by atoms with Gasteiger partial charge in [-0.3, -0.25) is 19.3 Å². The number of nitrogens with zero attached hydrogens (tertiary/aromatic N) is 1. The number of aliphatic carboxylic acids is 1. The van der Waals surface area contributed by atoms with Crippen molar-refractivity contribution in [1.82, 2.24) is 10.2 Å². The molecule has 0 radical (unpaired) electrons. The van der Waals surface area contributed by atoms with Crippen molar-refractivity contribution in [2.24, 2.45) is 5.73 Å². The van der Waals surface area contributed by atoms with Crippen molar-refractivity contribution in [2.45, 2.75) is 56.0 Å². The monoisotopic (exact) mass is 489 g/mol. The minimum Gasteiger partial charge on any atom is -0.508 e. The van der Waals surface area contributed by atoms with Crippen LogP contribution in [0.3, 0.4) is 0 Å². The fraction of sp³-hybridized carbons (Fsp3) is 0.391. The highest BCUT2D eigenvalue weighted by Crippen LogP contribution is 2.45. The number of carbonyl (C=O) groups is 4. The number of β-lactam (4-membered cyclic amide) rings is 1. The van der Waals surface area contributed by atoms with Crippen LogP contribution >= 0.6 is 11.8 Å². The predicted molar refractivity (Wildman–Crippen MR) is 124 cm³/mol. The van der Waals surface area contributed by atoms with E-state index in [9.17, 15) is 29.4 Å². The molecule has 1 unspecified atom stereocenters. The molecule has 0 saturated carbocycles. The summed E-state index contributed by atoms with van der Waals surface area (Å²) < 4.78 is 5.49. The number of esters is 1. The number of thioether (sulfide) groups is 1. The molecule has 0 aliphatic carbocycles. The lowest BCUT2D eigenvalue weighted by Crippen LogP contribution is -2.71. The van der Waals surface area contributed by atoms with Crippen molar-refractivity contribution in [2.75, 3.05) is 0 Å². The average molecular weight is 490 g/mol. The number of nitrogens with one attached hydrogen (secondary N) is 1. The minimum atomic E-state index is -1.37. The van der Waals surface area contributed by atoms with Crippen molar-refractivity contribution in [3.8, 4) is 5.75 Å². The van der Waals surface area contributed by atoms with Gasteiger partial charge >= 0.3 is 11.9 Å². The van der Waals surface area contributed by atoms with Crippen LogP contribution in [0.2, 0.25) is 0 Å². The van der Waals surface area contributed by atoms with Crippen molar-refractivity contribution in [3.63, 3.8) is 0 Å². The zero-order chi connectivity index (χ0) is 25.4. The molecule has 2 aliphatic heterocycles. The van der Waals surface area contributed by atoms with Crippen LogP contribution in [0.15, 0.2) is 47.7 Å². The number of carboxylic acid groups (broad SMARTS) is 1. The lowest BCUT2D eigenvalue weighted by Gasteiger charge is -2.50. The van der Waals surface area contributed by atoms with Gasteiger partial charge in [0.05, 0.1) is 0 Å². The summed E-state index contributed by atoms with van der Waals surface area (Å²) in [5.41, 5.74) is 5.43. The Bertz CT molecular complexity index is 1080. The Morgan fingerprint density at radius 2 is 1.85 bits per heavy atom. The first-order chi connectivity index (χ1) is 15.9. The quantitative estimate of drug-likeness (QED) is 0.342. The van der Waals surface area contributed by atoms with Gasteiger partial charge in [-0.05, 0) is 45.4 Å². The second-order valence-corrected chi connectivity index (χ2v) is 10.0. The molecule has 1 aromatic rings. The summed E-state index contributed by atoms with van der Waals surface area (Å²) in [4.78, 5) is 51.7. The number of fused-ring (bicyclic) bond motifs is 1. The van der Waals surface area contributed by atoms with Gasteiger partial charge in [-0.15, -0.1) is 11.8 Å². The molecular weight excluding hydrogens is 462 g/mol. The molecule has 11 heteroatoms. The van der Waals surface area contributed by atoms with Crippen LogP contribution in [0.5, 0.6) is 5.75 Å². The molecular formula is C23H27N3O7S. The lowest BCUT2D eigenvalue weighted by atomic mass is 9.99. The van der Waals surface area contributed by atoms with Gasteiger partial charge in [0.2, 0.25) is 5.91 Å². The molecule has 5 N–H and O–H groups in total. The maximum atomic E-state index is 12.9. The third-order valence-electron chi connectivity index (χ3n) is 5.12. The number of aromatic hydroxyl groups is 1. The maximum Gasteiger partial charge on any atom is 0.352 e. The smallest absolute Gasteiger partial charge is 0.352 e. The number of hydrogen-bond acceptors (Lipinski definition) is 8. The van der Waals surface area contributed by atoms with E-state index < -0.39 is 52.1 Å². The number of allylic oxidation sites excluding steroid dienone is 2. The van der Waals surface area contributed by atoms with E-state index in [1.807, 2.05) is 0 Å². The average Bonchev–Trinajstić information content (AvgIpc) is 2.75. The number of nitrogens with two attached hydrogens (primary N) is 1. The summed E-state index contributed by atoms with van der Waals surface area (Å²) in [6, 6.07) is 3.54. The second-order valence-electron chi connectivity index (χ2n) is 8.81. The first-order valence-corrected chi connectivity index (χ1v) is 11.5. The molecule has 1 fully saturated rings. The van der Waals surface area contributed by atoms with Gasteiger partial charge in [-0.2, -0.15) is 0 Å².